The summed E-state index contributed by atoms with van der Waals surface area (Å²) >= 11 is 0. The molecule has 0 radical (unpaired) electrons. The molecule has 1 aromatic carbocycles. The Hall–Kier alpha value is -3.36. The zero-order chi connectivity index (χ0) is 24.4. The summed E-state index contributed by atoms with van der Waals surface area (Å²) in [6.07, 6.45) is 4.09. The molecular formula is C24H33N3O6. The number of carbonyl (C=O) groups is 4. The van der Waals surface area contributed by atoms with Crippen molar-refractivity contribution in [3.8, 4) is 5.75 Å². The Bertz CT molecular complexity index is 859. The molecular weight excluding hydrogens is 426 g/mol. The first-order valence-electron chi connectivity index (χ1n) is 11.1. The second-order valence-corrected chi connectivity index (χ2v) is 7.94. The van der Waals surface area contributed by atoms with E-state index in [0.29, 0.717) is 32.5 Å². The number of methoxy groups -OCH3 is 1. The second kappa shape index (κ2) is 12.6. The van der Waals surface area contributed by atoms with E-state index >= 15 is 0 Å². The molecule has 9 heteroatoms. The maximum Gasteiger partial charge on any atom is 0.309 e. The molecule has 180 valence electrons. The minimum atomic E-state index is -0.787. The number of nitrogens with zero attached hydrogens (tertiary/aromatic N) is 2. The third-order valence-corrected chi connectivity index (χ3v) is 5.49. The van der Waals surface area contributed by atoms with Gasteiger partial charge in [0.1, 0.15) is 11.8 Å². The number of benzene rings is 1. The first-order chi connectivity index (χ1) is 15.7. The summed E-state index contributed by atoms with van der Waals surface area (Å²) in [5, 5.41) is 2.62. The zero-order valence-electron chi connectivity index (χ0n) is 19.7. The van der Waals surface area contributed by atoms with Gasteiger partial charge in [-0.2, -0.15) is 0 Å². The minimum absolute atomic E-state index is 0.0925. The van der Waals surface area contributed by atoms with Crippen LogP contribution in [0, 0.1) is 5.92 Å². The molecule has 1 heterocycles. The smallest absolute Gasteiger partial charge is 0.309 e. The van der Waals surface area contributed by atoms with Crippen LogP contribution in [-0.2, 0) is 23.9 Å². The molecule has 1 aliphatic heterocycles. The fraction of sp³-hybridized carbons (Fsp3) is 0.500. The molecule has 0 aliphatic carbocycles. The lowest BCUT2D eigenvalue weighted by atomic mass is 9.97. The van der Waals surface area contributed by atoms with E-state index in [1.807, 2.05) is 12.1 Å². The third-order valence-electron chi connectivity index (χ3n) is 5.49. The Morgan fingerprint density at radius 1 is 1.18 bits per heavy atom. The van der Waals surface area contributed by atoms with Crippen LogP contribution in [0.1, 0.15) is 32.3 Å². The summed E-state index contributed by atoms with van der Waals surface area (Å²) in [6, 6.07) is 6.41. The van der Waals surface area contributed by atoms with Crippen LogP contribution in [0.3, 0.4) is 0 Å². The van der Waals surface area contributed by atoms with Crippen LogP contribution in [0.2, 0.25) is 0 Å². The molecule has 0 aromatic heterocycles. The average Bonchev–Trinajstić information content (AvgIpc) is 2.82. The lowest BCUT2D eigenvalue weighted by Gasteiger charge is -2.32. The molecule has 0 spiro atoms. The van der Waals surface area contributed by atoms with Crippen molar-refractivity contribution in [1.29, 1.82) is 0 Å². The molecule has 3 amide bonds. The van der Waals surface area contributed by atoms with Crippen LogP contribution in [0.25, 0.3) is 6.08 Å². The SMILES string of the molecule is CCOC(=O)C1CCN(C(=O)CN(C)C(=O)C(C)NC(=O)/C=C/c2ccc(OC)cc2)CC1. The van der Waals surface area contributed by atoms with Gasteiger partial charge >= 0.3 is 5.97 Å². The van der Waals surface area contributed by atoms with Crippen LogP contribution in [-0.4, -0.2) is 79.9 Å². The minimum Gasteiger partial charge on any atom is -0.497 e. The normalized spacial score (nSPS) is 15.1. The van der Waals surface area contributed by atoms with Gasteiger partial charge in [0.25, 0.3) is 0 Å². The molecule has 1 saturated heterocycles. The maximum atomic E-state index is 12.6. The highest BCUT2D eigenvalue weighted by Crippen LogP contribution is 2.19. The predicted molar refractivity (Wildman–Crippen MR) is 123 cm³/mol. The second-order valence-electron chi connectivity index (χ2n) is 7.94. The number of esters is 1. The number of hydrogen-bond acceptors (Lipinski definition) is 6. The number of amides is 3. The Morgan fingerprint density at radius 3 is 2.39 bits per heavy atom. The Balaban J connectivity index is 1.78. The van der Waals surface area contributed by atoms with Crippen molar-refractivity contribution in [2.75, 3.05) is 40.4 Å². The first kappa shape index (κ1) is 25.9. The van der Waals surface area contributed by atoms with Gasteiger partial charge in [0.15, 0.2) is 0 Å². The standard InChI is InChI=1S/C24H33N3O6/c1-5-33-24(31)19-12-14-27(15-13-19)22(29)16-26(3)23(30)17(2)25-21(28)11-8-18-6-9-20(32-4)10-7-18/h6-11,17,19H,5,12-16H2,1-4H3,(H,25,28)/b11-8+. The summed E-state index contributed by atoms with van der Waals surface area (Å²) in [5.74, 6) is -0.650. The van der Waals surface area contributed by atoms with Crippen molar-refractivity contribution in [3.05, 3.63) is 35.9 Å². The molecule has 0 saturated carbocycles. The van der Waals surface area contributed by atoms with Crippen molar-refractivity contribution in [2.24, 2.45) is 5.92 Å². The summed E-state index contributed by atoms with van der Waals surface area (Å²) in [5.41, 5.74) is 0.819. The quantitative estimate of drug-likeness (QED) is 0.443. The van der Waals surface area contributed by atoms with E-state index in [4.69, 9.17) is 9.47 Å². The van der Waals surface area contributed by atoms with E-state index in [9.17, 15) is 19.2 Å². The van der Waals surface area contributed by atoms with E-state index < -0.39 is 11.9 Å². The van der Waals surface area contributed by atoms with Crippen LogP contribution < -0.4 is 10.1 Å². The molecule has 1 atom stereocenters. The van der Waals surface area contributed by atoms with Crippen LogP contribution in [0.4, 0.5) is 0 Å². The lowest BCUT2D eigenvalue weighted by molar-refractivity contribution is -0.151. The van der Waals surface area contributed by atoms with Gasteiger partial charge in [-0.15, -0.1) is 0 Å². The first-order valence-corrected chi connectivity index (χ1v) is 11.1. The van der Waals surface area contributed by atoms with Gasteiger partial charge in [0, 0.05) is 26.2 Å². The van der Waals surface area contributed by atoms with Gasteiger partial charge in [-0.1, -0.05) is 12.1 Å². The summed E-state index contributed by atoms with van der Waals surface area (Å²) < 4.78 is 10.1. The Morgan fingerprint density at radius 2 is 1.82 bits per heavy atom. The van der Waals surface area contributed by atoms with E-state index in [2.05, 4.69) is 5.32 Å². The fourth-order valence-corrected chi connectivity index (χ4v) is 3.55. The summed E-state index contributed by atoms with van der Waals surface area (Å²) in [7, 11) is 3.11. The monoisotopic (exact) mass is 459 g/mol. The largest absolute Gasteiger partial charge is 0.497 e. The van der Waals surface area contributed by atoms with Crippen molar-refractivity contribution in [2.45, 2.75) is 32.7 Å². The third kappa shape index (κ3) is 7.93. The van der Waals surface area contributed by atoms with E-state index in [1.54, 1.807) is 44.1 Å². The van der Waals surface area contributed by atoms with Crippen molar-refractivity contribution in [3.63, 3.8) is 0 Å². The molecule has 1 unspecified atom stereocenters. The Labute approximate surface area is 194 Å². The maximum absolute atomic E-state index is 12.6. The van der Waals surface area contributed by atoms with Crippen LogP contribution in [0.15, 0.2) is 30.3 Å². The number of likely N-dealkylation sites (tertiary alicyclic amines) is 1. The van der Waals surface area contributed by atoms with Crippen LogP contribution in [0.5, 0.6) is 5.75 Å². The van der Waals surface area contributed by atoms with Gasteiger partial charge in [0.2, 0.25) is 17.7 Å². The number of ether oxygens (including phenoxy) is 2. The number of nitrogens with one attached hydrogen (secondary N) is 1. The number of piperidine rings is 1. The highest BCUT2D eigenvalue weighted by molar-refractivity contribution is 5.96. The van der Waals surface area contributed by atoms with Gasteiger partial charge in [-0.05, 0) is 50.5 Å². The molecule has 1 N–H and O–H groups in total. The molecule has 1 fully saturated rings. The molecule has 1 aliphatic rings. The lowest BCUT2D eigenvalue weighted by Crippen LogP contribution is -2.50. The van der Waals surface area contributed by atoms with Crippen molar-refractivity contribution < 1.29 is 28.7 Å². The summed E-state index contributed by atoms with van der Waals surface area (Å²) in [6.45, 7) is 4.50. The number of carbonyl (C=O) groups excluding carboxylic acids is 4. The fourth-order valence-electron chi connectivity index (χ4n) is 3.55. The van der Waals surface area contributed by atoms with Gasteiger partial charge in [-0.3, -0.25) is 19.2 Å². The summed E-state index contributed by atoms with van der Waals surface area (Å²) in [4.78, 5) is 52.1. The number of likely N-dealkylation sites (N-methyl/N-ethyl adjacent to an activating group) is 1. The molecule has 1 aromatic rings. The van der Waals surface area contributed by atoms with Crippen molar-refractivity contribution >= 4 is 29.8 Å². The molecule has 0 bridgehead atoms. The highest BCUT2D eigenvalue weighted by Gasteiger charge is 2.29. The van der Waals surface area contributed by atoms with E-state index in [0.717, 1.165) is 11.3 Å². The van der Waals surface area contributed by atoms with E-state index in [-0.39, 0.29) is 30.2 Å². The molecule has 9 nitrogen and oxygen atoms in total. The highest BCUT2D eigenvalue weighted by atomic mass is 16.5. The zero-order valence-corrected chi connectivity index (χ0v) is 19.7. The molecule has 33 heavy (non-hydrogen) atoms. The van der Waals surface area contributed by atoms with Gasteiger partial charge < -0.3 is 24.6 Å². The molecule has 2 rings (SSSR count). The predicted octanol–water partition coefficient (Wildman–Crippen LogP) is 1.47. The van der Waals surface area contributed by atoms with Crippen LogP contribution >= 0.6 is 0 Å². The Kier molecular flexibility index (Phi) is 9.90. The van der Waals surface area contributed by atoms with Gasteiger partial charge in [-0.25, -0.2) is 0 Å². The topological polar surface area (TPSA) is 105 Å². The number of rotatable bonds is 9. The number of hydrogen-bond donors (Lipinski definition) is 1. The van der Waals surface area contributed by atoms with Crippen molar-refractivity contribution in [1.82, 2.24) is 15.1 Å². The van der Waals surface area contributed by atoms with E-state index in [1.165, 1.54) is 18.0 Å². The van der Waals surface area contributed by atoms with Gasteiger partial charge in [0.05, 0.1) is 26.2 Å². The average molecular weight is 460 g/mol.